The molecule has 2 amide bonds. The third kappa shape index (κ3) is 13.5. The summed E-state index contributed by atoms with van der Waals surface area (Å²) in [6.45, 7) is 14.8. The van der Waals surface area contributed by atoms with Gasteiger partial charge in [0.15, 0.2) is 4.60 Å². The van der Waals surface area contributed by atoms with Crippen molar-refractivity contribution in [1.82, 2.24) is 59.7 Å². The number of amides is 2. The predicted molar refractivity (Wildman–Crippen MR) is 293 cm³/mol. The largest absolute Gasteiger partial charge is 0.488 e. The maximum atomic E-state index is 13.9. The highest BCUT2D eigenvalue weighted by molar-refractivity contribution is 9.10. The van der Waals surface area contributed by atoms with E-state index in [1.807, 2.05) is 80.9 Å². The van der Waals surface area contributed by atoms with Gasteiger partial charge in [0.2, 0.25) is 23.7 Å². The van der Waals surface area contributed by atoms with Crippen LogP contribution in [0.25, 0.3) is 11.3 Å². The maximum absolute atomic E-state index is 13.9. The number of aryl methyl sites for hydroxylation is 6. The molecule has 404 valence electrons. The molecule has 22 heteroatoms. The standard InChI is InChI=1S/C27H35N7O2.C19H26BrN7O.C8H11BO3/c1-19-15-20(2)29-26(28-19)33-13-10-27(11-14-33)9-6-12-34(25(27)35)17-23-24(31-32(3)30-23)22-8-5-7-21(16-22)18-36-4;1-13-11-14(2)22-18(21-13)26-9-6-19(7-10-26)5-4-8-27(17(19)28)12-15-16(20)24-25(3)23-15;1-12-6-7-3-2-4-8(5-7)9(10)11/h5,7-8,15-16H,6,9-14,17-18H2,1-4H3;11H,4-10,12H2,1-3H3;2-5,10-11H,6H2,1H3. The molecule has 4 aliphatic heterocycles. The van der Waals surface area contributed by atoms with E-state index in [0.717, 1.165) is 159 Å². The minimum Gasteiger partial charge on any atom is -0.423 e. The molecule has 10 rings (SSSR count). The number of halogens is 1. The molecule has 0 atom stereocenters. The minimum atomic E-state index is -1.40. The second-order valence-corrected chi connectivity index (χ2v) is 21.4. The molecule has 4 aromatic heterocycles. The van der Waals surface area contributed by atoms with Gasteiger partial charge in [-0.25, -0.2) is 19.9 Å². The first-order valence-corrected chi connectivity index (χ1v) is 27.0. The summed E-state index contributed by atoms with van der Waals surface area (Å²) in [6.07, 6.45) is 7.28. The number of anilines is 2. The first-order chi connectivity index (χ1) is 36.5. The van der Waals surface area contributed by atoms with Crippen LogP contribution in [0.4, 0.5) is 11.9 Å². The number of ether oxygens (including phenoxy) is 2. The molecule has 8 heterocycles. The molecular formula is C54H72BBrN14O6. The van der Waals surface area contributed by atoms with Gasteiger partial charge in [-0.1, -0.05) is 42.5 Å². The van der Waals surface area contributed by atoms with Crippen LogP contribution in [0.15, 0.2) is 65.3 Å². The molecule has 2 N–H and O–H groups in total. The summed E-state index contributed by atoms with van der Waals surface area (Å²) in [5, 5.41) is 35.6. The van der Waals surface area contributed by atoms with Gasteiger partial charge >= 0.3 is 7.12 Å². The Balaban J connectivity index is 0.000000169. The van der Waals surface area contributed by atoms with Crippen LogP contribution in [0.1, 0.15) is 96.7 Å². The number of methoxy groups -OCH3 is 2. The number of carbonyl (C=O) groups excluding carboxylic acids is 2. The Labute approximate surface area is 454 Å². The summed E-state index contributed by atoms with van der Waals surface area (Å²) in [5.74, 6) is 2.08. The Hall–Kier alpha value is -6.20. The summed E-state index contributed by atoms with van der Waals surface area (Å²) in [7, 11) is 5.51. The number of carbonyl (C=O) groups is 2. The van der Waals surface area contributed by atoms with Crippen LogP contribution in [0.3, 0.4) is 0 Å². The summed E-state index contributed by atoms with van der Waals surface area (Å²) in [5.41, 5.74) is 9.32. The van der Waals surface area contributed by atoms with Gasteiger partial charge in [0.05, 0.1) is 37.1 Å². The molecule has 6 aromatic rings. The molecule has 0 saturated carbocycles. The Morgan fingerprint density at radius 1 is 0.579 bits per heavy atom. The first-order valence-electron chi connectivity index (χ1n) is 26.2. The molecule has 0 aliphatic carbocycles. The molecule has 0 bridgehead atoms. The lowest BCUT2D eigenvalue weighted by atomic mass is 9.71. The van der Waals surface area contributed by atoms with Gasteiger partial charge in [-0.05, 0) is 130 Å². The van der Waals surface area contributed by atoms with E-state index in [1.165, 1.54) is 4.80 Å². The van der Waals surface area contributed by atoms with E-state index in [4.69, 9.17) is 19.5 Å². The first kappa shape index (κ1) is 56.0. The number of benzene rings is 2. The van der Waals surface area contributed by atoms with E-state index in [0.29, 0.717) is 36.4 Å². The van der Waals surface area contributed by atoms with E-state index in [2.05, 4.69) is 72.1 Å². The number of hydrogen-bond acceptors (Lipinski definition) is 16. The molecule has 76 heavy (non-hydrogen) atoms. The van der Waals surface area contributed by atoms with E-state index in [9.17, 15) is 9.59 Å². The normalized spacial score (nSPS) is 17.1. The minimum absolute atomic E-state index is 0.250. The van der Waals surface area contributed by atoms with Crippen LogP contribution in [0.2, 0.25) is 0 Å². The van der Waals surface area contributed by atoms with E-state index < -0.39 is 7.12 Å². The van der Waals surface area contributed by atoms with Crippen LogP contribution in [-0.2, 0) is 59.5 Å². The van der Waals surface area contributed by atoms with Crippen molar-refractivity contribution in [1.29, 1.82) is 0 Å². The summed E-state index contributed by atoms with van der Waals surface area (Å²) in [4.78, 5) is 57.2. The zero-order chi connectivity index (χ0) is 54.1. The average molecular weight is 1100 g/mol. The van der Waals surface area contributed by atoms with Crippen molar-refractivity contribution < 1.29 is 29.1 Å². The molecule has 4 saturated heterocycles. The van der Waals surface area contributed by atoms with Crippen molar-refractivity contribution >= 4 is 52.2 Å². The molecule has 4 aliphatic rings. The molecule has 2 spiro atoms. The van der Waals surface area contributed by atoms with E-state index in [1.54, 1.807) is 44.3 Å². The van der Waals surface area contributed by atoms with Crippen molar-refractivity contribution in [2.75, 3.05) is 63.3 Å². The SMILES string of the molecule is COCc1cccc(-c2nn(C)nc2CN2CCCC3(CCN(c4nc(C)cc(C)n4)CC3)C2=O)c1.COCc1cccc(B(O)O)c1.Cc1cc(C)nc(N2CCC3(CCCN(Cc4nn(C)nc4Br)C3=O)CC2)n1. The van der Waals surface area contributed by atoms with Crippen molar-refractivity contribution in [2.24, 2.45) is 24.9 Å². The average Bonchev–Trinajstić information content (AvgIpc) is 3.97. The predicted octanol–water partition coefficient (Wildman–Crippen LogP) is 5.35. The topological polar surface area (TPSA) is 219 Å². The second kappa shape index (κ2) is 24.9. The fourth-order valence-corrected chi connectivity index (χ4v) is 11.6. The van der Waals surface area contributed by atoms with Crippen LogP contribution >= 0.6 is 15.9 Å². The zero-order valence-electron chi connectivity index (χ0n) is 45.2. The third-order valence-electron chi connectivity index (χ3n) is 14.9. The summed E-state index contributed by atoms with van der Waals surface area (Å²) < 4.78 is 10.9. The van der Waals surface area contributed by atoms with E-state index in [-0.39, 0.29) is 22.6 Å². The lowest BCUT2D eigenvalue weighted by molar-refractivity contribution is -0.149. The number of nitrogens with zero attached hydrogens (tertiary/aromatic N) is 14. The quantitative estimate of drug-likeness (QED) is 0.148. The highest BCUT2D eigenvalue weighted by atomic mass is 79.9. The maximum Gasteiger partial charge on any atom is 0.488 e. The van der Waals surface area contributed by atoms with Gasteiger partial charge in [-0.3, -0.25) is 9.59 Å². The van der Waals surface area contributed by atoms with Gasteiger partial charge in [-0.2, -0.15) is 24.9 Å². The lowest BCUT2D eigenvalue weighted by Gasteiger charge is -2.46. The van der Waals surface area contributed by atoms with Crippen LogP contribution < -0.4 is 15.3 Å². The zero-order valence-corrected chi connectivity index (χ0v) is 46.8. The highest BCUT2D eigenvalue weighted by Gasteiger charge is 2.47. The summed E-state index contributed by atoms with van der Waals surface area (Å²) >= 11 is 3.44. The number of piperidine rings is 4. The Morgan fingerprint density at radius 3 is 1.49 bits per heavy atom. The smallest absolute Gasteiger partial charge is 0.423 e. The summed E-state index contributed by atoms with van der Waals surface area (Å²) in [6, 6.07) is 19.1. The van der Waals surface area contributed by atoms with Gasteiger partial charge < -0.3 is 39.1 Å². The van der Waals surface area contributed by atoms with Gasteiger partial charge in [0, 0.05) is 95.9 Å². The Morgan fingerprint density at radius 2 is 1.03 bits per heavy atom. The number of likely N-dealkylation sites (tertiary alicyclic amines) is 2. The molecule has 4 fully saturated rings. The van der Waals surface area contributed by atoms with Crippen molar-refractivity contribution in [3.8, 4) is 11.3 Å². The van der Waals surface area contributed by atoms with Gasteiger partial charge in [0.1, 0.15) is 17.1 Å². The van der Waals surface area contributed by atoms with Crippen LogP contribution in [0.5, 0.6) is 0 Å². The number of aromatic nitrogens is 10. The van der Waals surface area contributed by atoms with Gasteiger partial charge in [-0.15, -0.1) is 5.10 Å². The fourth-order valence-electron chi connectivity index (χ4n) is 11.1. The van der Waals surface area contributed by atoms with Crippen molar-refractivity contribution in [3.63, 3.8) is 0 Å². The van der Waals surface area contributed by atoms with Crippen LogP contribution in [-0.4, -0.2) is 142 Å². The number of rotatable bonds is 12. The molecule has 2 aromatic carbocycles. The van der Waals surface area contributed by atoms with Crippen molar-refractivity contribution in [2.45, 2.75) is 105 Å². The lowest BCUT2D eigenvalue weighted by Crippen LogP contribution is -2.53. The second-order valence-electron chi connectivity index (χ2n) is 20.7. The number of hydrogen-bond donors (Lipinski definition) is 2. The third-order valence-corrected chi connectivity index (χ3v) is 15.5. The Kier molecular flexibility index (Phi) is 18.3. The van der Waals surface area contributed by atoms with Crippen LogP contribution in [0, 0.1) is 38.5 Å². The molecule has 20 nitrogen and oxygen atoms in total. The Bertz CT molecular complexity index is 2910. The van der Waals surface area contributed by atoms with E-state index >= 15 is 0 Å². The van der Waals surface area contributed by atoms with Gasteiger partial charge in [0.25, 0.3) is 0 Å². The fraction of sp³-hybridized carbons (Fsp3) is 0.519. The molecule has 0 radical (unpaired) electrons. The molecule has 0 unspecified atom stereocenters. The highest BCUT2D eigenvalue weighted by Crippen LogP contribution is 2.43. The van der Waals surface area contributed by atoms with Crippen molar-refractivity contribution in [3.05, 3.63) is 111 Å². The monoisotopic (exact) mass is 1100 g/mol. The molecular weight excluding hydrogens is 1030 g/mol.